The van der Waals surface area contributed by atoms with Crippen LogP contribution < -0.4 is 5.32 Å². The van der Waals surface area contributed by atoms with Crippen molar-refractivity contribution in [2.75, 3.05) is 5.32 Å². The molecule has 5 rings (SSSR count). The topological polar surface area (TPSA) is 72.4 Å². The standard InChI is InChI=1S/C19H14ClN7/c20-14-6-7-17-24-15(11-26(17)10-14)9-21-18-8-16(13-4-2-1-3-5-13)25-19-22-12-23-27(18)19/h1-8,10-12,21H,9H2. The number of rotatable bonds is 4. The van der Waals surface area contributed by atoms with E-state index >= 15 is 0 Å². The first-order chi connectivity index (χ1) is 13.3. The molecule has 1 aromatic carbocycles. The average molecular weight is 376 g/mol. The quantitative estimate of drug-likeness (QED) is 0.518. The number of nitrogens with one attached hydrogen (secondary N) is 1. The van der Waals surface area contributed by atoms with Crippen LogP contribution in [0, 0.1) is 0 Å². The van der Waals surface area contributed by atoms with Gasteiger partial charge in [-0.1, -0.05) is 41.9 Å². The fourth-order valence-corrected chi connectivity index (χ4v) is 3.15. The van der Waals surface area contributed by atoms with E-state index in [-0.39, 0.29) is 0 Å². The van der Waals surface area contributed by atoms with Crippen molar-refractivity contribution < 1.29 is 0 Å². The summed E-state index contributed by atoms with van der Waals surface area (Å²) in [5, 5.41) is 8.32. The Morgan fingerprint density at radius 3 is 2.78 bits per heavy atom. The van der Waals surface area contributed by atoms with Crippen molar-refractivity contribution in [1.29, 1.82) is 0 Å². The summed E-state index contributed by atoms with van der Waals surface area (Å²) in [7, 11) is 0. The van der Waals surface area contributed by atoms with Crippen LogP contribution in [0.3, 0.4) is 0 Å². The predicted octanol–water partition coefficient (Wildman–Crippen LogP) is 3.70. The van der Waals surface area contributed by atoms with Crippen molar-refractivity contribution >= 4 is 28.8 Å². The van der Waals surface area contributed by atoms with E-state index in [9.17, 15) is 0 Å². The minimum absolute atomic E-state index is 0.534. The summed E-state index contributed by atoms with van der Waals surface area (Å²) in [5.41, 5.74) is 3.60. The first-order valence-corrected chi connectivity index (χ1v) is 8.77. The zero-order valence-corrected chi connectivity index (χ0v) is 14.9. The number of anilines is 1. The summed E-state index contributed by atoms with van der Waals surface area (Å²) < 4.78 is 3.59. The number of nitrogens with zero attached hydrogens (tertiary/aromatic N) is 6. The number of fused-ring (bicyclic) bond motifs is 2. The maximum absolute atomic E-state index is 6.04. The van der Waals surface area contributed by atoms with Gasteiger partial charge in [0.2, 0.25) is 0 Å². The summed E-state index contributed by atoms with van der Waals surface area (Å²) in [6, 6.07) is 15.7. The van der Waals surface area contributed by atoms with Crippen LogP contribution in [0.4, 0.5) is 5.82 Å². The Kier molecular flexibility index (Phi) is 3.72. The fraction of sp³-hybridized carbons (Fsp3) is 0.0526. The van der Waals surface area contributed by atoms with Gasteiger partial charge in [0.25, 0.3) is 5.78 Å². The third-order valence-corrected chi connectivity index (χ3v) is 4.46. The number of hydrogen-bond donors (Lipinski definition) is 1. The van der Waals surface area contributed by atoms with Gasteiger partial charge in [-0.15, -0.1) is 0 Å². The Morgan fingerprint density at radius 1 is 1.00 bits per heavy atom. The summed E-state index contributed by atoms with van der Waals surface area (Å²) in [4.78, 5) is 13.4. The highest BCUT2D eigenvalue weighted by atomic mass is 35.5. The normalized spacial score (nSPS) is 11.3. The lowest BCUT2D eigenvalue weighted by Crippen LogP contribution is -2.07. The van der Waals surface area contributed by atoms with Crippen molar-refractivity contribution in [2.24, 2.45) is 0 Å². The lowest BCUT2D eigenvalue weighted by molar-refractivity contribution is 0.921. The second kappa shape index (κ2) is 6.37. The van der Waals surface area contributed by atoms with Crippen LogP contribution >= 0.6 is 11.6 Å². The number of hydrogen-bond acceptors (Lipinski definition) is 5. The van der Waals surface area contributed by atoms with Crippen molar-refractivity contribution in [3.63, 3.8) is 0 Å². The average Bonchev–Trinajstić information content (AvgIpc) is 3.32. The van der Waals surface area contributed by atoms with E-state index in [2.05, 4.69) is 25.4 Å². The molecule has 0 aliphatic heterocycles. The molecule has 0 spiro atoms. The zero-order chi connectivity index (χ0) is 18.2. The molecule has 132 valence electrons. The SMILES string of the molecule is Clc1ccc2nc(CNc3cc(-c4ccccc4)nc4ncnn34)cn2c1. The first kappa shape index (κ1) is 15.8. The zero-order valence-electron chi connectivity index (χ0n) is 14.1. The third kappa shape index (κ3) is 2.98. The van der Waals surface area contributed by atoms with Crippen LogP contribution in [0.25, 0.3) is 22.7 Å². The number of imidazole rings is 1. The van der Waals surface area contributed by atoms with Crippen molar-refractivity contribution in [2.45, 2.75) is 6.54 Å². The molecule has 8 heteroatoms. The van der Waals surface area contributed by atoms with Crippen LogP contribution in [-0.4, -0.2) is 29.0 Å². The van der Waals surface area contributed by atoms with E-state index in [0.29, 0.717) is 17.3 Å². The van der Waals surface area contributed by atoms with Gasteiger partial charge in [0.15, 0.2) is 0 Å². The lowest BCUT2D eigenvalue weighted by Gasteiger charge is -2.09. The second-order valence-corrected chi connectivity index (χ2v) is 6.50. The maximum Gasteiger partial charge on any atom is 0.254 e. The molecule has 0 aliphatic rings. The smallest absolute Gasteiger partial charge is 0.254 e. The lowest BCUT2D eigenvalue weighted by atomic mass is 10.1. The molecule has 0 aliphatic carbocycles. The molecule has 0 saturated heterocycles. The molecule has 5 aromatic rings. The van der Waals surface area contributed by atoms with E-state index in [4.69, 9.17) is 11.6 Å². The highest BCUT2D eigenvalue weighted by Crippen LogP contribution is 2.21. The summed E-state index contributed by atoms with van der Waals surface area (Å²) in [5.74, 6) is 1.34. The number of pyridine rings is 1. The van der Waals surface area contributed by atoms with Crippen molar-refractivity contribution in [1.82, 2.24) is 29.0 Å². The van der Waals surface area contributed by atoms with Crippen LogP contribution in [0.5, 0.6) is 0 Å². The van der Waals surface area contributed by atoms with Gasteiger partial charge >= 0.3 is 0 Å². The molecule has 0 atom stereocenters. The van der Waals surface area contributed by atoms with Crippen LogP contribution in [0.15, 0.2) is 67.3 Å². The predicted molar refractivity (Wildman–Crippen MR) is 104 cm³/mol. The third-order valence-electron chi connectivity index (χ3n) is 4.24. The second-order valence-electron chi connectivity index (χ2n) is 6.06. The number of benzene rings is 1. The van der Waals surface area contributed by atoms with Gasteiger partial charge in [-0.05, 0) is 12.1 Å². The molecule has 4 aromatic heterocycles. The van der Waals surface area contributed by atoms with Gasteiger partial charge in [0.1, 0.15) is 17.8 Å². The minimum Gasteiger partial charge on any atom is -0.364 e. The fourth-order valence-electron chi connectivity index (χ4n) is 2.98. The molecule has 0 radical (unpaired) electrons. The first-order valence-electron chi connectivity index (χ1n) is 8.39. The van der Waals surface area contributed by atoms with Gasteiger partial charge in [-0.2, -0.15) is 14.6 Å². The number of aromatic nitrogens is 6. The van der Waals surface area contributed by atoms with Crippen molar-refractivity contribution in [3.05, 3.63) is 78.0 Å². The van der Waals surface area contributed by atoms with E-state index < -0.39 is 0 Å². The van der Waals surface area contributed by atoms with Crippen LogP contribution in [0.2, 0.25) is 5.02 Å². The van der Waals surface area contributed by atoms with Gasteiger partial charge in [0, 0.05) is 24.0 Å². The largest absolute Gasteiger partial charge is 0.364 e. The molecular weight excluding hydrogens is 362 g/mol. The van der Waals surface area contributed by atoms with E-state index in [1.807, 2.05) is 65.3 Å². The van der Waals surface area contributed by atoms with Crippen LogP contribution in [0.1, 0.15) is 5.69 Å². The van der Waals surface area contributed by atoms with Crippen LogP contribution in [-0.2, 0) is 6.54 Å². The molecule has 4 heterocycles. The molecule has 0 fully saturated rings. The maximum atomic E-state index is 6.04. The van der Waals surface area contributed by atoms with E-state index in [0.717, 1.165) is 28.4 Å². The van der Waals surface area contributed by atoms with Gasteiger partial charge in [0.05, 0.1) is 23.0 Å². The molecule has 0 amide bonds. The Labute approximate surface area is 159 Å². The molecule has 27 heavy (non-hydrogen) atoms. The van der Waals surface area contributed by atoms with Crippen molar-refractivity contribution in [3.8, 4) is 11.3 Å². The van der Waals surface area contributed by atoms with Gasteiger partial charge < -0.3 is 9.72 Å². The summed E-state index contributed by atoms with van der Waals surface area (Å²) in [6.45, 7) is 0.534. The highest BCUT2D eigenvalue weighted by Gasteiger charge is 2.10. The van der Waals surface area contributed by atoms with E-state index in [1.165, 1.54) is 6.33 Å². The Balaban J connectivity index is 1.49. The van der Waals surface area contributed by atoms with Gasteiger partial charge in [-0.25, -0.2) is 9.97 Å². The Hall–Kier alpha value is -3.45. The molecule has 0 unspecified atom stereocenters. The molecule has 1 N–H and O–H groups in total. The van der Waals surface area contributed by atoms with E-state index in [1.54, 1.807) is 4.52 Å². The molecular formula is C19H14ClN7. The molecule has 0 bridgehead atoms. The molecule has 7 nitrogen and oxygen atoms in total. The minimum atomic E-state index is 0.534. The molecule has 0 saturated carbocycles. The number of halogens is 1. The Bertz CT molecular complexity index is 1240. The summed E-state index contributed by atoms with van der Waals surface area (Å²) in [6.07, 6.45) is 5.28. The highest BCUT2D eigenvalue weighted by molar-refractivity contribution is 6.30. The van der Waals surface area contributed by atoms with Gasteiger partial charge in [-0.3, -0.25) is 0 Å². The Morgan fingerprint density at radius 2 is 1.89 bits per heavy atom. The summed E-state index contributed by atoms with van der Waals surface area (Å²) >= 11 is 6.04. The monoisotopic (exact) mass is 375 g/mol.